The Hall–Kier alpha value is -1.35. The third kappa shape index (κ3) is 3.72. The normalized spacial score (nSPS) is 18.5. The van der Waals surface area contributed by atoms with Crippen molar-refractivity contribution in [3.63, 3.8) is 0 Å². The molecule has 0 radical (unpaired) electrons. The van der Waals surface area contributed by atoms with Crippen LogP contribution in [0, 0.1) is 0 Å². The summed E-state index contributed by atoms with van der Waals surface area (Å²) in [5.74, 6) is -0.144. The van der Waals surface area contributed by atoms with Gasteiger partial charge in [-0.1, -0.05) is 30.3 Å². The third-order valence-corrected chi connectivity index (χ3v) is 2.32. The molecule has 3 heteroatoms. The molecule has 1 saturated heterocycles. The Morgan fingerprint density at radius 1 is 1.40 bits per heavy atom. The van der Waals surface area contributed by atoms with Gasteiger partial charge in [0.1, 0.15) is 6.61 Å². The number of benzene rings is 1. The maximum absolute atomic E-state index is 11.3. The molecular weight excluding hydrogens is 192 g/mol. The summed E-state index contributed by atoms with van der Waals surface area (Å²) in [5, 5.41) is 0. The maximum atomic E-state index is 11.3. The minimum Gasteiger partial charge on any atom is -0.461 e. The SMILES string of the molecule is O=C(CC[C@H]1CO1)OCc1ccccc1. The molecule has 15 heavy (non-hydrogen) atoms. The van der Waals surface area contributed by atoms with E-state index < -0.39 is 0 Å². The van der Waals surface area contributed by atoms with E-state index >= 15 is 0 Å². The Labute approximate surface area is 89.0 Å². The van der Waals surface area contributed by atoms with E-state index in [0.29, 0.717) is 19.1 Å². The molecule has 2 rings (SSSR count). The lowest BCUT2D eigenvalue weighted by atomic mass is 10.2. The molecule has 0 aliphatic carbocycles. The van der Waals surface area contributed by atoms with Crippen LogP contribution in [0.3, 0.4) is 0 Å². The van der Waals surface area contributed by atoms with Gasteiger partial charge in [-0.3, -0.25) is 4.79 Å². The zero-order valence-corrected chi connectivity index (χ0v) is 8.52. The summed E-state index contributed by atoms with van der Waals surface area (Å²) in [7, 11) is 0. The van der Waals surface area contributed by atoms with Crippen LogP contribution in [0.25, 0.3) is 0 Å². The Morgan fingerprint density at radius 3 is 2.80 bits per heavy atom. The Bertz CT molecular complexity index is 317. The number of esters is 1. The second kappa shape index (κ2) is 4.94. The van der Waals surface area contributed by atoms with Crippen molar-refractivity contribution in [1.82, 2.24) is 0 Å². The average molecular weight is 206 g/mol. The van der Waals surface area contributed by atoms with Crippen molar-refractivity contribution in [1.29, 1.82) is 0 Å². The van der Waals surface area contributed by atoms with Crippen LogP contribution in [-0.4, -0.2) is 18.7 Å². The van der Waals surface area contributed by atoms with Crippen LogP contribution in [-0.2, 0) is 20.9 Å². The van der Waals surface area contributed by atoms with Crippen LogP contribution in [0.1, 0.15) is 18.4 Å². The zero-order chi connectivity index (χ0) is 10.5. The smallest absolute Gasteiger partial charge is 0.306 e. The maximum Gasteiger partial charge on any atom is 0.306 e. The Morgan fingerprint density at radius 2 is 2.13 bits per heavy atom. The number of rotatable bonds is 5. The van der Waals surface area contributed by atoms with Crippen LogP contribution in [0.5, 0.6) is 0 Å². The largest absolute Gasteiger partial charge is 0.461 e. The van der Waals surface area contributed by atoms with Crippen LogP contribution in [0.4, 0.5) is 0 Å². The van der Waals surface area contributed by atoms with Crippen LogP contribution in [0.2, 0.25) is 0 Å². The van der Waals surface area contributed by atoms with Gasteiger partial charge in [0.2, 0.25) is 0 Å². The second-order valence-electron chi connectivity index (χ2n) is 3.64. The monoisotopic (exact) mass is 206 g/mol. The second-order valence-corrected chi connectivity index (χ2v) is 3.64. The van der Waals surface area contributed by atoms with E-state index in [1.54, 1.807) is 0 Å². The first-order valence-electron chi connectivity index (χ1n) is 5.16. The van der Waals surface area contributed by atoms with Gasteiger partial charge < -0.3 is 9.47 Å². The van der Waals surface area contributed by atoms with E-state index in [2.05, 4.69) is 0 Å². The minimum atomic E-state index is -0.144. The molecule has 0 amide bonds. The molecule has 1 aliphatic rings. The predicted octanol–water partition coefficient (Wildman–Crippen LogP) is 1.91. The molecule has 1 atom stereocenters. The Kier molecular flexibility index (Phi) is 3.35. The van der Waals surface area contributed by atoms with Crippen molar-refractivity contribution in [2.24, 2.45) is 0 Å². The molecule has 0 aromatic heterocycles. The molecule has 1 fully saturated rings. The molecule has 0 N–H and O–H groups in total. The lowest BCUT2D eigenvalue weighted by Crippen LogP contribution is -2.05. The van der Waals surface area contributed by atoms with Crippen molar-refractivity contribution in [3.8, 4) is 0 Å². The topological polar surface area (TPSA) is 38.8 Å². The standard InChI is InChI=1S/C12H14O3/c13-12(7-6-11-9-14-11)15-8-10-4-2-1-3-5-10/h1-5,11H,6-9H2/t11-/m0/s1. The average Bonchev–Trinajstić information content (AvgIpc) is 3.09. The highest BCUT2D eigenvalue weighted by molar-refractivity contribution is 5.69. The summed E-state index contributed by atoms with van der Waals surface area (Å²) in [6.07, 6.45) is 1.54. The fourth-order valence-corrected chi connectivity index (χ4v) is 1.32. The van der Waals surface area contributed by atoms with Gasteiger partial charge in [-0.25, -0.2) is 0 Å². The van der Waals surface area contributed by atoms with E-state index in [1.165, 1.54) is 0 Å². The van der Waals surface area contributed by atoms with Gasteiger partial charge in [0.05, 0.1) is 12.7 Å². The van der Waals surface area contributed by atoms with Crippen molar-refractivity contribution in [2.45, 2.75) is 25.6 Å². The first-order chi connectivity index (χ1) is 7.34. The van der Waals surface area contributed by atoms with E-state index in [0.717, 1.165) is 18.6 Å². The van der Waals surface area contributed by atoms with Gasteiger partial charge in [0.15, 0.2) is 0 Å². The third-order valence-electron chi connectivity index (χ3n) is 2.32. The molecule has 0 spiro atoms. The first kappa shape index (κ1) is 10.2. The highest BCUT2D eigenvalue weighted by Crippen LogP contribution is 2.15. The summed E-state index contributed by atoms with van der Waals surface area (Å²) in [4.78, 5) is 11.3. The van der Waals surface area contributed by atoms with E-state index in [9.17, 15) is 4.79 Å². The molecule has 0 unspecified atom stereocenters. The summed E-state index contributed by atoms with van der Waals surface area (Å²) < 4.78 is 10.1. The number of carbonyl (C=O) groups excluding carboxylic acids is 1. The molecule has 80 valence electrons. The molecule has 3 nitrogen and oxygen atoms in total. The number of epoxide rings is 1. The van der Waals surface area contributed by atoms with Crippen molar-refractivity contribution < 1.29 is 14.3 Å². The van der Waals surface area contributed by atoms with Gasteiger partial charge in [-0.15, -0.1) is 0 Å². The van der Waals surface area contributed by atoms with Crippen LogP contribution in [0.15, 0.2) is 30.3 Å². The highest BCUT2D eigenvalue weighted by Gasteiger charge is 2.23. The van der Waals surface area contributed by atoms with Crippen molar-refractivity contribution >= 4 is 5.97 Å². The lowest BCUT2D eigenvalue weighted by molar-refractivity contribution is -0.145. The summed E-state index contributed by atoms with van der Waals surface area (Å²) in [6.45, 7) is 1.16. The van der Waals surface area contributed by atoms with E-state index in [-0.39, 0.29) is 5.97 Å². The highest BCUT2D eigenvalue weighted by atomic mass is 16.6. The fraction of sp³-hybridized carbons (Fsp3) is 0.417. The van der Waals surface area contributed by atoms with Crippen LogP contribution < -0.4 is 0 Å². The Balaban J connectivity index is 1.66. The lowest BCUT2D eigenvalue weighted by Gasteiger charge is -2.03. The van der Waals surface area contributed by atoms with Gasteiger partial charge in [0, 0.05) is 6.42 Å². The molecule has 0 saturated carbocycles. The van der Waals surface area contributed by atoms with Gasteiger partial charge in [-0.2, -0.15) is 0 Å². The number of hydrogen-bond acceptors (Lipinski definition) is 3. The molecular formula is C12H14O3. The zero-order valence-electron chi connectivity index (χ0n) is 8.52. The van der Waals surface area contributed by atoms with E-state index in [1.807, 2.05) is 30.3 Å². The van der Waals surface area contributed by atoms with Crippen molar-refractivity contribution in [3.05, 3.63) is 35.9 Å². The molecule has 1 heterocycles. The molecule has 1 aliphatic heterocycles. The summed E-state index contributed by atoms with van der Waals surface area (Å²) >= 11 is 0. The predicted molar refractivity (Wildman–Crippen MR) is 55.2 cm³/mol. The number of hydrogen-bond donors (Lipinski definition) is 0. The summed E-state index contributed by atoms with van der Waals surface area (Å²) in [5.41, 5.74) is 1.02. The number of carbonyl (C=O) groups is 1. The van der Waals surface area contributed by atoms with Gasteiger partial charge >= 0.3 is 5.97 Å². The minimum absolute atomic E-state index is 0.144. The molecule has 1 aromatic rings. The summed E-state index contributed by atoms with van der Waals surface area (Å²) in [6, 6.07) is 9.69. The first-order valence-corrected chi connectivity index (χ1v) is 5.16. The van der Waals surface area contributed by atoms with Crippen LogP contribution >= 0.6 is 0 Å². The number of ether oxygens (including phenoxy) is 2. The van der Waals surface area contributed by atoms with Gasteiger partial charge in [0.25, 0.3) is 0 Å². The fourth-order valence-electron chi connectivity index (χ4n) is 1.32. The van der Waals surface area contributed by atoms with Crippen molar-refractivity contribution in [2.75, 3.05) is 6.61 Å². The molecule has 0 bridgehead atoms. The van der Waals surface area contributed by atoms with E-state index in [4.69, 9.17) is 9.47 Å². The molecule has 1 aromatic carbocycles. The van der Waals surface area contributed by atoms with Gasteiger partial charge in [-0.05, 0) is 12.0 Å². The quantitative estimate of drug-likeness (QED) is 0.545.